The number of hydrogen-bond acceptors (Lipinski definition) is 6. The number of amidine groups is 1. The maximum Gasteiger partial charge on any atom is 0.247 e. The molecule has 2 N–H and O–H groups in total. The zero-order chi connectivity index (χ0) is 21.8. The van der Waals surface area contributed by atoms with Crippen LogP contribution in [0.15, 0.2) is 52.7 Å². The van der Waals surface area contributed by atoms with Gasteiger partial charge in [0.05, 0.1) is 18.5 Å². The molecule has 2 aromatic carbocycles. The monoisotopic (exact) mass is 432 g/mol. The van der Waals surface area contributed by atoms with Crippen LogP contribution >= 0.6 is 11.8 Å². The third-order valence-corrected chi connectivity index (χ3v) is 5.30. The smallest absolute Gasteiger partial charge is 0.247 e. The van der Waals surface area contributed by atoms with Crippen LogP contribution < -0.4 is 15.4 Å². The lowest BCUT2D eigenvalue weighted by molar-refractivity contribution is -0.121. The number of ether oxygens (including phenoxy) is 1. The molecule has 2 aromatic rings. The van der Waals surface area contributed by atoms with Crippen molar-refractivity contribution >= 4 is 40.1 Å². The van der Waals surface area contributed by atoms with Crippen molar-refractivity contribution in [3.05, 3.63) is 59.7 Å². The van der Waals surface area contributed by atoms with Crippen molar-refractivity contribution < 1.29 is 23.1 Å². The first-order valence-electron chi connectivity index (χ1n) is 8.80. The van der Waals surface area contributed by atoms with E-state index in [1.807, 2.05) is 0 Å². The number of nitrogens with two attached hydrogens (primary N) is 1. The van der Waals surface area contributed by atoms with E-state index in [1.165, 1.54) is 43.5 Å². The predicted octanol–water partition coefficient (Wildman–Crippen LogP) is 3.08. The van der Waals surface area contributed by atoms with Gasteiger partial charge in [-0.25, -0.2) is 13.7 Å². The number of hydrogen-bond donors (Lipinski definition) is 1. The number of halogens is 2. The summed E-state index contributed by atoms with van der Waals surface area (Å²) in [6.45, 7) is 1.63. The van der Waals surface area contributed by atoms with E-state index < -0.39 is 28.7 Å². The number of nitrogens with zero attached hydrogens (tertiary/aromatic N) is 3. The maximum absolute atomic E-state index is 13.8. The van der Waals surface area contributed by atoms with Gasteiger partial charge in [0, 0.05) is 12.0 Å². The number of imide groups is 1. The molecule has 156 valence electrons. The van der Waals surface area contributed by atoms with Gasteiger partial charge in [-0.1, -0.05) is 11.8 Å². The fraction of sp³-hybridized carbons (Fsp3) is 0.200. The van der Waals surface area contributed by atoms with E-state index in [4.69, 9.17) is 10.5 Å². The van der Waals surface area contributed by atoms with E-state index >= 15 is 0 Å². The summed E-state index contributed by atoms with van der Waals surface area (Å²) in [5.41, 5.74) is 7.03. The zero-order valence-corrected chi connectivity index (χ0v) is 17.0. The standard InChI is InChI=1S/C20H18F2N4O3S/c1-11(12-3-8-16(29-2)15(22)9-12)24-25-20(23)30-17-10-18(27)26(19(17)28)14-6-4-13(21)5-7-14/h3-9,17H,10H2,1-2H3,(H2,23,25)/b24-11+. The Kier molecular flexibility index (Phi) is 6.46. The van der Waals surface area contributed by atoms with Crippen LogP contribution in [-0.4, -0.2) is 35.1 Å². The Hall–Kier alpha value is -3.27. The molecular weight excluding hydrogens is 414 g/mol. The minimum atomic E-state index is -0.764. The van der Waals surface area contributed by atoms with E-state index in [2.05, 4.69) is 10.2 Å². The molecule has 1 unspecified atom stereocenters. The molecule has 1 saturated heterocycles. The molecule has 10 heteroatoms. The average Bonchev–Trinajstić information content (AvgIpc) is 2.99. The van der Waals surface area contributed by atoms with Gasteiger partial charge in [-0.15, -0.1) is 5.10 Å². The Bertz CT molecular complexity index is 1040. The topological polar surface area (TPSA) is 97.3 Å². The SMILES string of the molecule is COc1ccc(/C(C)=N/N=C(\N)SC2CC(=O)N(c3ccc(F)cc3)C2=O)cc1F. The van der Waals surface area contributed by atoms with Gasteiger partial charge in [0.2, 0.25) is 11.8 Å². The molecule has 2 amide bonds. The van der Waals surface area contributed by atoms with Crippen LogP contribution in [0.3, 0.4) is 0 Å². The van der Waals surface area contributed by atoms with Crippen LogP contribution in [0.4, 0.5) is 14.5 Å². The summed E-state index contributed by atoms with van der Waals surface area (Å²) in [6, 6.07) is 9.42. The van der Waals surface area contributed by atoms with Crippen LogP contribution in [-0.2, 0) is 9.59 Å². The molecule has 3 rings (SSSR count). The summed E-state index contributed by atoms with van der Waals surface area (Å²) < 4.78 is 31.8. The Morgan fingerprint density at radius 3 is 2.50 bits per heavy atom. The van der Waals surface area contributed by atoms with E-state index in [1.54, 1.807) is 13.0 Å². The normalized spacial score (nSPS) is 17.6. The van der Waals surface area contributed by atoms with E-state index in [0.717, 1.165) is 16.7 Å². The van der Waals surface area contributed by atoms with Crippen LogP contribution in [0.5, 0.6) is 5.75 Å². The highest BCUT2D eigenvalue weighted by Crippen LogP contribution is 2.29. The number of anilines is 1. The number of methoxy groups -OCH3 is 1. The number of carbonyl (C=O) groups excluding carboxylic acids is 2. The number of amides is 2. The first kappa shape index (κ1) is 21.4. The Morgan fingerprint density at radius 1 is 1.17 bits per heavy atom. The third-order valence-electron chi connectivity index (χ3n) is 4.32. The van der Waals surface area contributed by atoms with Crippen LogP contribution in [0.2, 0.25) is 0 Å². The molecule has 1 aliphatic rings. The minimum absolute atomic E-state index is 0.0181. The lowest BCUT2D eigenvalue weighted by atomic mass is 10.1. The average molecular weight is 432 g/mol. The van der Waals surface area contributed by atoms with Gasteiger partial charge in [-0.05, 0) is 49.4 Å². The van der Waals surface area contributed by atoms with Gasteiger partial charge in [0.1, 0.15) is 11.1 Å². The van der Waals surface area contributed by atoms with Crippen molar-refractivity contribution in [2.45, 2.75) is 18.6 Å². The lowest BCUT2D eigenvalue weighted by Gasteiger charge is -2.14. The molecule has 1 fully saturated rings. The third kappa shape index (κ3) is 4.65. The highest BCUT2D eigenvalue weighted by Gasteiger charge is 2.40. The first-order chi connectivity index (χ1) is 14.3. The molecule has 1 heterocycles. The van der Waals surface area contributed by atoms with Crippen LogP contribution in [0.25, 0.3) is 0 Å². The largest absolute Gasteiger partial charge is 0.494 e. The summed E-state index contributed by atoms with van der Waals surface area (Å²) in [5.74, 6) is -1.77. The first-order valence-corrected chi connectivity index (χ1v) is 9.68. The van der Waals surface area contributed by atoms with Gasteiger partial charge in [-0.3, -0.25) is 9.59 Å². The Morgan fingerprint density at radius 2 is 1.87 bits per heavy atom. The molecular formula is C20H18F2N4O3S. The molecule has 0 radical (unpaired) electrons. The van der Waals surface area contributed by atoms with Crippen molar-refractivity contribution in [3.8, 4) is 5.75 Å². The molecule has 1 aliphatic heterocycles. The molecule has 0 aliphatic carbocycles. The van der Waals surface area contributed by atoms with Crippen molar-refractivity contribution in [2.24, 2.45) is 15.9 Å². The molecule has 0 saturated carbocycles. The molecule has 0 spiro atoms. The molecule has 0 aromatic heterocycles. The van der Waals surface area contributed by atoms with Gasteiger partial charge in [-0.2, -0.15) is 5.10 Å². The summed E-state index contributed by atoms with van der Waals surface area (Å²) in [7, 11) is 1.37. The zero-order valence-electron chi connectivity index (χ0n) is 16.1. The lowest BCUT2D eigenvalue weighted by Crippen LogP contribution is -2.31. The second kappa shape index (κ2) is 9.04. The highest BCUT2D eigenvalue weighted by molar-refractivity contribution is 8.14. The maximum atomic E-state index is 13.8. The molecule has 1 atom stereocenters. The van der Waals surface area contributed by atoms with Crippen molar-refractivity contribution in [1.29, 1.82) is 0 Å². The Balaban J connectivity index is 1.70. The van der Waals surface area contributed by atoms with Crippen molar-refractivity contribution in [3.63, 3.8) is 0 Å². The fourth-order valence-corrected chi connectivity index (χ4v) is 3.61. The number of carbonyl (C=O) groups is 2. The van der Waals surface area contributed by atoms with Gasteiger partial charge < -0.3 is 10.5 Å². The number of rotatable bonds is 5. The van der Waals surface area contributed by atoms with Crippen molar-refractivity contribution in [1.82, 2.24) is 0 Å². The van der Waals surface area contributed by atoms with Crippen LogP contribution in [0, 0.1) is 11.6 Å². The fourth-order valence-electron chi connectivity index (χ4n) is 2.80. The quantitative estimate of drug-likeness (QED) is 0.339. The molecule has 0 bridgehead atoms. The summed E-state index contributed by atoms with van der Waals surface area (Å²) >= 11 is 0.908. The van der Waals surface area contributed by atoms with Gasteiger partial charge in [0.15, 0.2) is 16.7 Å². The van der Waals surface area contributed by atoms with E-state index in [0.29, 0.717) is 17.0 Å². The van der Waals surface area contributed by atoms with Crippen LogP contribution in [0.1, 0.15) is 18.9 Å². The summed E-state index contributed by atoms with van der Waals surface area (Å²) in [5, 5.41) is 7.05. The second-order valence-corrected chi connectivity index (χ2v) is 7.55. The highest BCUT2D eigenvalue weighted by atomic mass is 32.2. The summed E-state index contributed by atoms with van der Waals surface area (Å²) in [6.07, 6.45) is -0.0660. The van der Waals surface area contributed by atoms with E-state index in [9.17, 15) is 18.4 Å². The van der Waals surface area contributed by atoms with E-state index in [-0.39, 0.29) is 17.3 Å². The van der Waals surface area contributed by atoms with Gasteiger partial charge >= 0.3 is 0 Å². The molecule has 30 heavy (non-hydrogen) atoms. The number of thioether (sulfide) groups is 1. The van der Waals surface area contributed by atoms with Crippen molar-refractivity contribution in [2.75, 3.05) is 12.0 Å². The van der Waals surface area contributed by atoms with Gasteiger partial charge in [0.25, 0.3) is 0 Å². The molecule has 7 nitrogen and oxygen atoms in total. The number of benzene rings is 2. The Labute approximate surface area is 175 Å². The second-order valence-electron chi connectivity index (χ2n) is 6.33. The minimum Gasteiger partial charge on any atom is -0.494 e. The predicted molar refractivity (Wildman–Crippen MR) is 112 cm³/mol. The summed E-state index contributed by atoms with van der Waals surface area (Å²) in [4.78, 5) is 25.8.